The molecule has 3 nitrogen and oxygen atoms in total. The molecule has 0 radical (unpaired) electrons. The van der Waals surface area contributed by atoms with Gasteiger partial charge in [-0.2, -0.15) is 5.26 Å². The summed E-state index contributed by atoms with van der Waals surface area (Å²) in [5.74, 6) is 0. The molecular weight excluding hydrogens is 280 g/mol. The second-order valence-corrected chi connectivity index (χ2v) is 4.47. The fourth-order valence-electron chi connectivity index (χ4n) is 1.64. The van der Waals surface area contributed by atoms with E-state index in [-0.39, 0.29) is 0 Å². The third kappa shape index (κ3) is 4.03. The SMILES string of the molecule is CCOCCN(CC)c1ccc(Br)cc1C#N. The Kier molecular flexibility index (Phi) is 6.03. The van der Waals surface area contributed by atoms with E-state index in [9.17, 15) is 0 Å². The predicted octanol–water partition coefficient (Wildman–Crippen LogP) is 3.18. The molecule has 1 aromatic rings. The molecule has 0 atom stereocenters. The van der Waals surface area contributed by atoms with Crippen molar-refractivity contribution in [1.29, 1.82) is 5.26 Å². The quantitative estimate of drug-likeness (QED) is 0.757. The molecule has 0 bridgehead atoms. The highest BCUT2D eigenvalue weighted by atomic mass is 79.9. The Morgan fingerprint density at radius 3 is 2.76 bits per heavy atom. The fourth-order valence-corrected chi connectivity index (χ4v) is 2.00. The largest absolute Gasteiger partial charge is 0.380 e. The Balaban J connectivity index is 2.84. The fraction of sp³-hybridized carbons (Fsp3) is 0.462. The normalized spacial score (nSPS) is 10.0. The van der Waals surface area contributed by atoms with Crippen LogP contribution >= 0.6 is 15.9 Å². The van der Waals surface area contributed by atoms with E-state index in [1.807, 2.05) is 25.1 Å². The van der Waals surface area contributed by atoms with Crippen molar-refractivity contribution in [2.45, 2.75) is 13.8 Å². The van der Waals surface area contributed by atoms with E-state index in [4.69, 9.17) is 10.00 Å². The third-order valence-corrected chi connectivity index (χ3v) is 3.00. The van der Waals surface area contributed by atoms with Gasteiger partial charge in [-0.15, -0.1) is 0 Å². The topological polar surface area (TPSA) is 36.3 Å². The predicted molar refractivity (Wildman–Crippen MR) is 73.2 cm³/mol. The highest BCUT2D eigenvalue weighted by molar-refractivity contribution is 9.10. The van der Waals surface area contributed by atoms with Gasteiger partial charge in [0.2, 0.25) is 0 Å². The molecule has 0 spiro atoms. The summed E-state index contributed by atoms with van der Waals surface area (Å²) in [6, 6.07) is 8.00. The maximum Gasteiger partial charge on any atom is 0.101 e. The smallest absolute Gasteiger partial charge is 0.101 e. The van der Waals surface area contributed by atoms with Crippen molar-refractivity contribution >= 4 is 21.6 Å². The summed E-state index contributed by atoms with van der Waals surface area (Å²) >= 11 is 3.38. The molecule has 0 aliphatic carbocycles. The first-order valence-electron chi connectivity index (χ1n) is 5.75. The zero-order chi connectivity index (χ0) is 12.7. The van der Waals surface area contributed by atoms with Crippen LogP contribution in [0.3, 0.4) is 0 Å². The molecular formula is C13H17BrN2O. The molecule has 92 valence electrons. The average molecular weight is 297 g/mol. The van der Waals surface area contributed by atoms with Crippen LogP contribution in [0.25, 0.3) is 0 Å². The summed E-state index contributed by atoms with van der Waals surface area (Å²) in [6.45, 7) is 7.14. The van der Waals surface area contributed by atoms with Crippen molar-refractivity contribution < 1.29 is 4.74 Å². The molecule has 0 aromatic heterocycles. The zero-order valence-corrected chi connectivity index (χ0v) is 11.8. The Bertz CT molecular complexity index is 401. The van der Waals surface area contributed by atoms with E-state index in [1.54, 1.807) is 0 Å². The van der Waals surface area contributed by atoms with Crippen molar-refractivity contribution in [3.63, 3.8) is 0 Å². The second kappa shape index (κ2) is 7.31. The third-order valence-electron chi connectivity index (χ3n) is 2.51. The lowest BCUT2D eigenvalue weighted by molar-refractivity contribution is 0.154. The van der Waals surface area contributed by atoms with Crippen LogP contribution in [0.5, 0.6) is 0 Å². The van der Waals surface area contributed by atoms with Crippen LogP contribution in [-0.4, -0.2) is 26.3 Å². The summed E-state index contributed by atoms with van der Waals surface area (Å²) in [7, 11) is 0. The number of anilines is 1. The van der Waals surface area contributed by atoms with E-state index < -0.39 is 0 Å². The summed E-state index contributed by atoms with van der Waals surface area (Å²) in [6.07, 6.45) is 0. The Morgan fingerprint density at radius 2 is 2.18 bits per heavy atom. The van der Waals surface area contributed by atoms with Gasteiger partial charge in [0.25, 0.3) is 0 Å². The standard InChI is InChI=1S/C13H17BrN2O/c1-3-16(7-8-17-4-2)13-6-5-12(14)9-11(13)10-15/h5-6,9H,3-4,7-8H2,1-2H3. The minimum atomic E-state index is 0.686. The van der Waals surface area contributed by atoms with Gasteiger partial charge < -0.3 is 9.64 Å². The molecule has 4 heteroatoms. The molecule has 0 unspecified atom stereocenters. The van der Waals surface area contributed by atoms with Crippen LogP contribution < -0.4 is 4.90 Å². The van der Waals surface area contributed by atoms with Gasteiger partial charge in [0.05, 0.1) is 17.9 Å². The Labute approximate surface area is 111 Å². The summed E-state index contributed by atoms with van der Waals surface area (Å²) in [5.41, 5.74) is 1.66. The van der Waals surface area contributed by atoms with Crippen molar-refractivity contribution in [3.8, 4) is 6.07 Å². The maximum atomic E-state index is 9.13. The Hall–Kier alpha value is -1.05. The first-order valence-corrected chi connectivity index (χ1v) is 6.54. The van der Waals surface area contributed by atoms with Gasteiger partial charge in [0.1, 0.15) is 6.07 Å². The van der Waals surface area contributed by atoms with Crippen molar-refractivity contribution in [2.75, 3.05) is 31.2 Å². The monoisotopic (exact) mass is 296 g/mol. The minimum absolute atomic E-state index is 0.686. The summed E-state index contributed by atoms with van der Waals surface area (Å²) in [4.78, 5) is 2.15. The molecule has 0 fully saturated rings. The lowest BCUT2D eigenvalue weighted by Crippen LogP contribution is -2.27. The minimum Gasteiger partial charge on any atom is -0.380 e. The van der Waals surface area contributed by atoms with E-state index in [1.165, 1.54) is 0 Å². The van der Waals surface area contributed by atoms with Gasteiger partial charge in [0.15, 0.2) is 0 Å². The van der Waals surface area contributed by atoms with Gasteiger partial charge in [-0.3, -0.25) is 0 Å². The maximum absolute atomic E-state index is 9.13. The van der Waals surface area contributed by atoms with Crippen LogP contribution in [0.2, 0.25) is 0 Å². The van der Waals surface area contributed by atoms with Gasteiger partial charge in [-0.1, -0.05) is 15.9 Å². The van der Waals surface area contributed by atoms with E-state index in [0.717, 1.165) is 29.9 Å². The number of hydrogen-bond donors (Lipinski definition) is 0. The van der Waals surface area contributed by atoms with Crippen molar-refractivity contribution in [3.05, 3.63) is 28.2 Å². The van der Waals surface area contributed by atoms with Gasteiger partial charge in [0, 0.05) is 24.2 Å². The van der Waals surface area contributed by atoms with Crippen LogP contribution in [0.1, 0.15) is 19.4 Å². The summed E-state index contributed by atoms with van der Waals surface area (Å²) < 4.78 is 6.28. The number of rotatable bonds is 6. The number of hydrogen-bond acceptors (Lipinski definition) is 3. The number of nitrogens with zero attached hydrogens (tertiary/aromatic N) is 2. The van der Waals surface area contributed by atoms with Gasteiger partial charge in [-0.25, -0.2) is 0 Å². The molecule has 0 saturated heterocycles. The second-order valence-electron chi connectivity index (χ2n) is 3.55. The van der Waals surface area contributed by atoms with Gasteiger partial charge in [-0.05, 0) is 32.0 Å². The molecule has 17 heavy (non-hydrogen) atoms. The van der Waals surface area contributed by atoms with E-state index >= 15 is 0 Å². The van der Waals surface area contributed by atoms with E-state index in [0.29, 0.717) is 12.2 Å². The van der Waals surface area contributed by atoms with Crippen molar-refractivity contribution in [2.24, 2.45) is 0 Å². The van der Waals surface area contributed by atoms with E-state index in [2.05, 4.69) is 33.8 Å². The van der Waals surface area contributed by atoms with Crippen LogP contribution in [0.15, 0.2) is 22.7 Å². The molecule has 0 saturated carbocycles. The molecule has 1 aromatic carbocycles. The number of ether oxygens (including phenoxy) is 1. The highest BCUT2D eigenvalue weighted by Gasteiger charge is 2.09. The Morgan fingerprint density at radius 1 is 1.41 bits per heavy atom. The highest BCUT2D eigenvalue weighted by Crippen LogP contribution is 2.23. The molecule has 1 rings (SSSR count). The van der Waals surface area contributed by atoms with Crippen molar-refractivity contribution in [1.82, 2.24) is 0 Å². The first kappa shape index (κ1) is 14.0. The van der Waals surface area contributed by atoms with Crippen LogP contribution in [-0.2, 0) is 4.74 Å². The van der Waals surface area contributed by atoms with Crippen LogP contribution in [0, 0.1) is 11.3 Å². The molecule has 0 aliphatic rings. The lowest BCUT2D eigenvalue weighted by Gasteiger charge is -2.24. The van der Waals surface area contributed by atoms with Crippen LogP contribution in [0.4, 0.5) is 5.69 Å². The zero-order valence-electron chi connectivity index (χ0n) is 10.2. The molecule has 0 amide bonds. The number of nitriles is 1. The number of halogens is 1. The molecule has 0 aliphatic heterocycles. The first-order chi connectivity index (χ1) is 8.22. The molecule has 0 N–H and O–H groups in total. The average Bonchev–Trinajstić information content (AvgIpc) is 2.35. The van der Waals surface area contributed by atoms with Gasteiger partial charge >= 0.3 is 0 Å². The number of likely N-dealkylation sites (N-methyl/N-ethyl adjacent to an activating group) is 1. The summed E-state index contributed by atoms with van der Waals surface area (Å²) in [5, 5.41) is 9.13. The number of benzene rings is 1. The molecule has 0 heterocycles. The lowest BCUT2D eigenvalue weighted by atomic mass is 10.1.